The minimum Gasteiger partial charge on any atom is -0.291 e. The Hall–Kier alpha value is 0.180. The van der Waals surface area contributed by atoms with Crippen molar-refractivity contribution >= 4 is 23.0 Å². The summed E-state index contributed by atoms with van der Waals surface area (Å²) >= 11 is 3.84. The molecule has 12 heavy (non-hydrogen) atoms. The van der Waals surface area contributed by atoms with Gasteiger partial charge in [-0.05, 0) is 6.42 Å². The second kappa shape index (κ2) is 3.15. The Morgan fingerprint density at radius 3 is 2.58 bits per heavy atom. The van der Waals surface area contributed by atoms with Crippen LogP contribution in [0.5, 0.6) is 0 Å². The van der Waals surface area contributed by atoms with Crippen molar-refractivity contribution in [3.63, 3.8) is 0 Å². The molecule has 0 bridgehead atoms. The standard InChI is InChI=1S/C5H11NO4S2/c1-2-3-4-5(6,11)10-12(7,8)9-4/h4,11H,2-3,6H2,1H3. The van der Waals surface area contributed by atoms with Crippen molar-refractivity contribution < 1.29 is 16.8 Å². The predicted octanol–water partition coefficient (Wildman–Crippen LogP) is -0.0110. The zero-order valence-corrected chi connectivity index (χ0v) is 8.27. The quantitative estimate of drug-likeness (QED) is 0.498. The molecule has 2 unspecified atom stereocenters. The molecule has 0 saturated carbocycles. The largest absolute Gasteiger partial charge is 0.403 e. The first-order valence-electron chi connectivity index (χ1n) is 3.52. The predicted molar refractivity (Wildman–Crippen MR) is 45.7 cm³/mol. The van der Waals surface area contributed by atoms with Crippen molar-refractivity contribution in [2.45, 2.75) is 30.9 Å². The third kappa shape index (κ3) is 2.11. The lowest BCUT2D eigenvalue weighted by atomic mass is 10.2. The molecule has 0 aromatic heterocycles. The molecule has 7 heteroatoms. The van der Waals surface area contributed by atoms with Crippen LogP contribution in [0, 0.1) is 0 Å². The Morgan fingerprint density at radius 2 is 2.25 bits per heavy atom. The molecule has 72 valence electrons. The van der Waals surface area contributed by atoms with E-state index in [1.165, 1.54) is 0 Å². The van der Waals surface area contributed by atoms with Gasteiger partial charge in [0.15, 0.2) is 0 Å². The number of nitrogens with two attached hydrogens (primary N) is 1. The molecule has 1 fully saturated rings. The van der Waals surface area contributed by atoms with Crippen LogP contribution in [-0.2, 0) is 18.8 Å². The molecule has 1 aliphatic heterocycles. The molecule has 1 rings (SSSR count). The monoisotopic (exact) mass is 213 g/mol. The summed E-state index contributed by atoms with van der Waals surface area (Å²) in [4.78, 5) is 0. The van der Waals surface area contributed by atoms with Crippen molar-refractivity contribution in [3.05, 3.63) is 0 Å². The summed E-state index contributed by atoms with van der Waals surface area (Å²) in [6, 6.07) is 0. The van der Waals surface area contributed by atoms with Gasteiger partial charge < -0.3 is 0 Å². The van der Waals surface area contributed by atoms with Crippen molar-refractivity contribution in [1.82, 2.24) is 0 Å². The average molecular weight is 213 g/mol. The maximum absolute atomic E-state index is 10.8. The number of rotatable bonds is 2. The number of hydrogen-bond acceptors (Lipinski definition) is 6. The normalized spacial score (nSPS) is 40.1. The molecule has 2 atom stereocenters. The summed E-state index contributed by atoms with van der Waals surface area (Å²) in [5.41, 5.74) is 5.42. The lowest BCUT2D eigenvalue weighted by Crippen LogP contribution is -2.43. The van der Waals surface area contributed by atoms with E-state index in [1.54, 1.807) is 0 Å². The van der Waals surface area contributed by atoms with Gasteiger partial charge in [0.05, 0.1) is 0 Å². The van der Waals surface area contributed by atoms with Crippen LogP contribution in [0.3, 0.4) is 0 Å². The Balaban J connectivity index is 2.78. The van der Waals surface area contributed by atoms with Crippen LogP contribution in [0.4, 0.5) is 0 Å². The fraction of sp³-hybridized carbons (Fsp3) is 1.00. The number of hydrogen-bond donors (Lipinski definition) is 2. The fourth-order valence-corrected chi connectivity index (χ4v) is 2.49. The highest BCUT2D eigenvalue weighted by Crippen LogP contribution is 2.32. The second-order valence-electron chi connectivity index (χ2n) is 2.62. The maximum atomic E-state index is 10.8. The van der Waals surface area contributed by atoms with Crippen LogP contribution < -0.4 is 5.73 Å². The van der Waals surface area contributed by atoms with E-state index >= 15 is 0 Å². The van der Waals surface area contributed by atoms with Crippen LogP contribution in [0.15, 0.2) is 0 Å². The van der Waals surface area contributed by atoms with Gasteiger partial charge in [0, 0.05) is 0 Å². The smallest absolute Gasteiger partial charge is 0.291 e. The minimum absolute atomic E-state index is 0.499. The highest BCUT2D eigenvalue weighted by molar-refractivity contribution is 7.85. The van der Waals surface area contributed by atoms with E-state index in [0.29, 0.717) is 6.42 Å². The van der Waals surface area contributed by atoms with Crippen LogP contribution in [0.2, 0.25) is 0 Å². The van der Waals surface area contributed by atoms with Crippen molar-refractivity contribution in [2.75, 3.05) is 0 Å². The van der Waals surface area contributed by atoms with E-state index in [-0.39, 0.29) is 0 Å². The molecule has 2 N–H and O–H groups in total. The van der Waals surface area contributed by atoms with Gasteiger partial charge in [0.2, 0.25) is 5.06 Å². The molecular formula is C5H11NO4S2. The van der Waals surface area contributed by atoms with Gasteiger partial charge >= 0.3 is 10.4 Å². The lowest BCUT2D eigenvalue weighted by Gasteiger charge is -2.18. The van der Waals surface area contributed by atoms with Crippen molar-refractivity contribution in [3.8, 4) is 0 Å². The zero-order chi connectivity index (χ0) is 9.41. The Labute approximate surface area is 77.0 Å². The Morgan fingerprint density at radius 1 is 1.67 bits per heavy atom. The van der Waals surface area contributed by atoms with Gasteiger partial charge in [0.1, 0.15) is 6.10 Å². The SMILES string of the molecule is CCCC1OS(=O)(=O)OC1(N)S. The van der Waals surface area contributed by atoms with Gasteiger partial charge in [-0.15, -0.1) is 12.6 Å². The minimum atomic E-state index is -3.93. The molecule has 0 spiro atoms. The third-order valence-corrected chi connectivity index (χ3v) is 2.93. The molecule has 0 radical (unpaired) electrons. The highest BCUT2D eigenvalue weighted by Gasteiger charge is 2.47. The summed E-state index contributed by atoms with van der Waals surface area (Å²) in [7, 11) is -3.93. The molecule has 0 amide bonds. The fourth-order valence-electron chi connectivity index (χ4n) is 0.965. The van der Waals surface area contributed by atoms with E-state index in [2.05, 4.69) is 21.0 Å². The van der Waals surface area contributed by atoms with E-state index in [0.717, 1.165) is 6.42 Å². The van der Waals surface area contributed by atoms with Crippen molar-refractivity contribution in [2.24, 2.45) is 5.73 Å². The summed E-state index contributed by atoms with van der Waals surface area (Å²) in [6.07, 6.45) is 0.554. The van der Waals surface area contributed by atoms with Crippen LogP contribution in [0.1, 0.15) is 19.8 Å². The second-order valence-corrected chi connectivity index (χ2v) is 4.49. The summed E-state index contributed by atoms with van der Waals surface area (Å²) in [5, 5.41) is -1.52. The first-order chi connectivity index (χ1) is 5.37. The molecule has 5 nitrogen and oxygen atoms in total. The van der Waals surface area contributed by atoms with E-state index in [9.17, 15) is 8.42 Å². The topological polar surface area (TPSA) is 78.6 Å². The molecule has 1 heterocycles. The molecule has 0 aromatic carbocycles. The van der Waals surface area contributed by atoms with Gasteiger partial charge in [-0.25, -0.2) is 8.37 Å². The average Bonchev–Trinajstić information content (AvgIpc) is 2.01. The lowest BCUT2D eigenvalue weighted by molar-refractivity contribution is 0.124. The third-order valence-electron chi connectivity index (χ3n) is 1.48. The zero-order valence-electron chi connectivity index (χ0n) is 6.56. The summed E-state index contributed by atoms with van der Waals surface area (Å²) < 4.78 is 30.5. The van der Waals surface area contributed by atoms with Gasteiger partial charge in [-0.1, -0.05) is 13.3 Å². The molecule has 0 aromatic rings. The first kappa shape index (κ1) is 10.3. The Kier molecular flexibility index (Phi) is 2.69. The van der Waals surface area contributed by atoms with Gasteiger partial charge in [-0.3, -0.25) is 5.73 Å². The van der Waals surface area contributed by atoms with E-state index in [4.69, 9.17) is 5.73 Å². The summed E-state index contributed by atoms with van der Waals surface area (Å²) in [6.45, 7) is 1.89. The number of thiol groups is 1. The van der Waals surface area contributed by atoms with E-state index in [1.807, 2.05) is 6.92 Å². The van der Waals surface area contributed by atoms with Crippen LogP contribution >= 0.6 is 12.6 Å². The molecular weight excluding hydrogens is 202 g/mol. The van der Waals surface area contributed by atoms with Gasteiger partial charge in [-0.2, -0.15) is 8.42 Å². The summed E-state index contributed by atoms with van der Waals surface area (Å²) in [5.74, 6) is 0. The molecule has 1 saturated heterocycles. The molecule has 0 aliphatic carbocycles. The first-order valence-corrected chi connectivity index (χ1v) is 5.30. The maximum Gasteiger partial charge on any atom is 0.403 e. The van der Waals surface area contributed by atoms with Crippen LogP contribution in [-0.4, -0.2) is 19.6 Å². The highest BCUT2D eigenvalue weighted by atomic mass is 32.3. The van der Waals surface area contributed by atoms with E-state index < -0.39 is 21.6 Å². The molecule has 1 aliphatic rings. The van der Waals surface area contributed by atoms with Gasteiger partial charge in [0.25, 0.3) is 0 Å². The van der Waals surface area contributed by atoms with Crippen LogP contribution in [0.25, 0.3) is 0 Å². The Bertz CT molecular complexity index is 261. The van der Waals surface area contributed by atoms with Crippen molar-refractivity contribution in [1.29, 1.82) is 0 Å².